The van der Waals surface area contributed by atoms with Crippen LogP contribution in [0.3, 0.4) is 0 Å². The van der Waals surface area contributed by atoms with Crippen molar-refractivity contribution in [1.82, 2.24) is 10.2 Å². The zero-order valence-electron chi connectivity index (χ0n) is 9.75. The molecule has 0 atom stereocenters. The van der Waals surface area contributed by atoms with Crippen LogP contribution in [-0.4, -0.2) is 17.2 Å². The number of aromatic nitrogens is 2. The molecule has 0 unspecified atom stereocenters. The monoisotopic (exact) mass is 224 g/mol. The van der Waals surface area contributed by atoms with E-state index < -0.39 is 0 Å². The third-order valence-electron chi connectivity index (χ3n) is 2.57. The van der Waals surface area contributed by atoms with Crippen molar-refractivity contribution in [2.45, 2.75) is 6.92 Å². The first kappa shape index (κ1) is 11.1. The highest BCUT2D eigenvalue weighted by Crippen LogP contribution is 2.21. The first-order chi connectivity index (χ1) is 8.22. The highest BCUT2D eigenvalue weighted by Gasteiger charge is 2.05. The second-order valence-corrected chi connectivity index (χ2v) is 3.75. The van der Waals surface area contributed by atoms with Gasteiger partial charge in [0.05, 0.1) is 5.69 Å². The van der Waals surface area contributed by atoms with Crippen molar-refractivity contribution in [1.29, 1.82) is 5.26 Å². The Morgan fingerprint density at radius 3 is 2.47 bits per heavy atom. The first-order valence-corrected chi connectivity index (χ1v) is 5.25. The minimum Gasteiger partial charge on any atom is -0.265 e. The van der Waals surface area contributed by atoms with Crippen molar-refractivity contribution in [2.24, 2.45) is 0 Å². The Hall–Kier alpha value is -2.41. The summed E-state index contributed by atoms with van der Waals surface area (Å²) in [5, 5.41) is 16.9. The van der Waals surface area contributed by atoms with Gasteiger partial charge in [0.15, 0.2) is 12.0 Å². The number of anilines is 1. The molecule has 4 heteroatoms. The van der Waals surface area contributed by atoms with Crippen molar-refractivity contribution in [3.05, 3.63) is 42.0 Å². The molecule has 0 saturated heterocycles. The smallest absolute Gasteiger partial charge is 0.185 e. The predicted molar refractivity (Wildman–Crippen MR) is 66.2 cm³/mol. The fourth-order valence-electron chi connectivity index (χ4n) is 1.56. The zero-order valence-corrected chi connectivity index (χ0v) is 9.75. The summed E-state index contributed by atoms with van der Waals surface area (Å²) in [4.78, 5) is 1.37. The number of nitrogens with zero attached hydrogens (tertiary/aromatic N) is 4. The number of hydrogen-bond acceptors (Lipinski definition) is 4. The summed E-state index contributed by atoms with van der Waals surface area (Å²) in [5.41, 5.74) is 3.03. The van der Waals surface area contributed by atoms with Crippen LogP contribution in [-0.2, 0) is 0 Å². The Balaban J connectivity index is 2.37. The van der Waals surface area contributed by atoms with Crippen molar-refractivity contribution < 1.29 is 0 Å². The van der Waals surface area contributed by atoms with E-state index in [4.69, 9.17) is 5.26 Å². The maximum Gasteiger partial charge on any atom is 0.185 e. The van der Waals surface area contributed by atoms with E-state index in [0.717, 1.165) is 16.8 Å². The quantitative estimate of drug-likeness (QED) is 0.580. The van der Waals surface area contributed by atoms with Crippen LogP contribution in [0.4, 0.5) is 5.82 Å². The highest BCUT2D eigenvalue weighted by atomic mass is 15.2. The molecule has 1 aromatic heterocycles. The molecule has 1 heterocycles. The summed E-state index contributed by atoms with van der Waals surface area (Å²) >= 11 is 0. The molecule has 2 aromatic rings. The standard InChI is InChI=1S/C13H12N4/c1-10-5-3-4-6-11(10)12-7-8-13(16-15-12)17(2)9-14/h3-8H,1-2H3. The number of benzene rings is 1. The maximum atomic E-state index is 8.73. The number of aryl methyl sites for hydroxylation is 1. The molecule has 0 saturated carbocycles. The molecule has 2 rings (SSSR count). The summed E-state index contributed by atoms with van der Waals surface area (Å²) in [6.45, 7) is 2.03. The van der Waals surface area contributed by atoms with Gasteiger partial charge in [-0.15, -0.1) is 10.2 Å². The number of hydrogen-bond donors (Lipinski definition) is 0. The largest absolute Gasteiger partial charge is 0.265 e. The van der Waals surface area contributed by atoms with Crippen LogP contribution >= 0.6 is 0 Å². The Morgan fingerprint density at radius 2 is 1.88 bits per heavy atom. The lowest BCUT2D eigenvalue weighted by Crippen LogP contribution is -2.10. The molecule has 0 aliphatic rings. The molecule has 0 fully saturated rings. The molecular formula is C13H12N4. The van der Waals surface area contributed by atoms with Crippen LogP contribution < -0.4 is 4.90 Å². The van der Waals surface area contributed by atoms with E-state index in [1.807, 2.05) is 43.4 Å². The molecule has 0 amide bonds. The molecule has 17 heavy (non-hydrogen) atoms. The van der Waals surface area contributed by atoms with Gasteiger partial charge in [-0.1, -0.05) is 24.3 Å². The van der Waals surface area contributed by atoms with Crippen molar-refractivity contribution in [3.8, 4) is 17.5 Å². The Morgan fingerprint density at radius 1 is 1.12 bits per heavy atom. The van der Waals surface area contributed by atoms with E-state index in [2.05, 4.69) is 10.2 Å². The Bertz CT molecular complexity index is 554. The van der Waals surface area contributed by atoms with Crippen LogP contribution in [0.2, 0.25) is 0 Å². The fourth-order valence-corrected chi connectivity index (χ4v) is 1.56. The fraction of sp³-hybridized carbons (Fsp3) is 0.154. The van der Waals surface area contributed by atoms with E-state index in [1.54, 1.807) is 13.1 Å². The lowest BCUT2D eigenvalue weighted by molar-refractivity contribution is 0.993. The van der Waals surface area contributed by atoms with Gasteiger partial charge in [-0.3, -0.25) is 4.90 Å². The van der Waals surface area contributed by atoms with Crippen LogP contribution in [0.5, 0.6) is 0 Å². The lowest BCUT2D eigenvalue weighted by atomic mass is 10.1. The summed E-state index contributed by atoms with van der Waals surface area (Å²) < 4.78 is 0. The summed E-state index contributed by atoms with van der Waals surface area (Å²) in [5.74, 6) is 0.546. The third-order valence-corrected chi connectivity index (χ3v) is 2.57. The second kappa shape index (κ2) is 4.62. The molecule has 0 bridgehead atoms. The molecule has 4 nitrogen and oxygen atoms in total. The average molecular weight is 224 g/mol. The number of rotatable bonds is 2. The molecular weight excluding hydrogens is 212 g/mol. The molecule has 0 aliphatic heterocycles. The molecule has 1 aromatic carbocycles. The minimum absolute atomic E-state index is 0.546. The van der Waals surface area contributed by atoms with Crippen molar-refractivity contribution >= 4 is 5.82 Å². The van der Waals surface area contributed by atoms with E-state index in [-0.39, 0.29) is 0 Å². The van der Waals surface area contributed by atoms with E-state index in [0.29, 0.717) is 5.82 Å². The van der Waals surface area contributed by atoms with E-state index >= 15 is 0 Å². The second-order valence-electron chi connectivity index (χ2n) is 3.75. The van der Waals surface area contributed by atoms with Crippen LogP contribution in [0.25, 0.3) is 11.3 Å². The summed E-state index contributed by atoms with van der Waals surface area (Å²) in [7, 11) is 1.65. The van der Waals surface area contributed by atoms with Gasteiger partial charge in [0.2, 0.25) is 0 Å². The third kappa shape index (κ3) is 2.23. The van der Waals surface area contributed by atoms with Crippen LogP contribution in [0.15, 0.2) is 36.4 Å². The van der Waals surface area contributed by atoms with Gasteiger partial charge >= 0.3 is 0 Å². The lowest BCUT2D eigenvalue weighted by Gasteiger charge is -2.08. The molecule has 0 radical (unpaired) electrons. The average Bonchev–Trinajstić information content (AvgIpc) is 2.39. The summed E-state index contributed by atoms with van der Waals surface area (Å²) in [6.07, 6.45) is 1.98. The topological polar surface area (TPSA) is 52.8 Å². The Kier molecular flexibility index (Phi) is 3.01. The van der Waals surface area contributed by atoms with Crippen molar-refractivity contribution in [2.75, 3.05) is 11.9 Å². The van der Waals surface area contributed by atoms with Gasteiger partial charge in [-0.25, -0.2) is 0 Å². The van der Waals surface area contributed by atoms with Gasteiger partial charge in [0.25, 0.3) is 0 Å². The molecule has 0 spiro atoms. The van der Waals surface area contributed by atoms with Gasteiger partial charge in [0, 0.05) is 12.6 Å². The van der Waals surface area contributed by atoms with E-state index in [1.165, 1.54) is 4.90 Å². The van der Waals surface area contributed by atoms with Gasteiger partial charge in [-0.05, 0) is 24.6 Å². The van der Waals surface area contributed by atoms with Crippen LogP contribution in [0.1, 0.15) is 5.56 Å². The predicted octanol–water partition coefficient (Wildman–Crippen LogP) is 2.37. The van der Waals surface area contributed by atoms with Crippen molar-refractivity contribution in [3.63, 3.8) is 0 Å². The van der Waals surface area contributed by atoms with E-state index in [9.17, 15) is 0 Å². The molecule has 84 valence electrons. The molecule has 0 N–H and O–H groups in total. The maximum absolute atomic E-state index is 8.73. The first-order valence-electron chi connectivity index (χ1n) is 5.25. The zero-order chi connectivity index (χ0) is 12.3. The summed E-state index contributed by atoms with van der Waals surface area (Å²) in [6, 6.07) is 11.7. The Labute approximate surface area is 100 Å². The number of nitriles is 1. The molecule has 0 aliphatic carbocycles. The minimum atomic E-state index is 0.546. The van der Waals surface area contributed by atoms with Gasteiger partial charge < -0.3 is 0 Å². The SMILES string of the molecule is Cc1ccccc1-c1ccc(N(C)C#N)nn1. The highest BCUT2D eigenvalue weighted by molar-refractivity contribution is 5.63. The van der Waals surface area contributed by atoms with Gasteiger partial charge in [-0.2, -0.15) is 5.26 Å². The normalized spacial score (nSPS) is 9.71. The van der Waals surface area contributed by atoms with Gasteiger partial charge in [0.1, 0.15) is 0 Å². The van der Waals surface area contributed by atoms with Crippen LogP contribution in [0, 0.1) is 18.4 Å².